The smallest absolute Gasteiger partial charge is 0.222 e. The summed E-state index contributed by atoms with van der Waals surface area (Å²) in [5.41, 5.74) is 1.31. The van der Waals surface area contributed by atoms with E-state index >= 15 is 0 Å². The van der Waals surface area contributed by atoms with E-state index in [4.69, 9.17) is 0 Å². The van der Waals surface area contributed by atoms with Gasteiger partial charge in [0.2, 0.25) is 5.91 Å². The molecule has 18 heavy (non-hydrogen) atoms. The maximum Gasteiger partial charge on any atom is 0.222 e. The van der Waals surface area contributed by atoms with Gasteiger partial charge in [0.1, 0.15) is 0 Å². The number of likely N-dealkylation sites (tertiary alicyclic amines) is 1. The van der Waals surface area contributed by atoms with Crippen LogP contribution in [0, 0.1) is 0 Å². The Balaban J connectivity index is 2.00. The summed E-state index contributed by atoms with van der Waals surface area (Å²) in [5.74, 6) is 0.815. The predicted octanol–water partition coefficient (Wildman–Crippen LogP) is 2.98. The van der Waals surface area contributed by atoms with E-state index in [9.17, 15) is 4.79 Å². The Morgan fingerprint density at radius 1 is 1.39 bits per heavy atom. The number of pyridine rings is 1. The molecule has 3 heteroatoms. The molecule has 2 heterocycles. The first-order valence-corrected chi connectivity index (χ1v) is 6.91. The van der Waals surface area contributed by atoms with Crippen molar-refractivity contribution in [3.63, 3.8) is 0 Å². The Bertz CT molecular complexity index is 391. The molecule has 0 aliphatic carbocycles. The fraction of sp³-hybridized carbons (Fsp3) is 0.600. The van der Waals surface area contributed by atoms with Crippen molar-refractivity contribution in [2.45, 2.75) is 51.5 Å². The molecule has 1 aliphatic rings. The van der Waals surface area contributed by atoms with Gasteiger partial charge in [-0.1, -0.05) is 13.8 Å². The van der Waals surface area contributed by atoms with Crippen LogP contribution >= 0.6 is 0 Å². The minimum atomic E-state index is 0.337. The molecular weight excluding hydrogens is 224 g/mol. The summed E-state index contributed by atoms with van der Waals surface area (Å²) in [6.45, 7) is 5.36. The van der Waals surface area contributed by atoms with Crippen LogP contribution in [0.2, 0.25) is 0 Å². The maximum absolute atomic E-state index is 11.8. The molecule has 2 atom stereocenters. The molecule has 2 unspecified atom stereocenters. The lowest BCUT2D eigenvalue weighted by Crippen LogP contribution is -2.36. The molecule has 0 saturated carbocycles. The zero-order chi connectivity index (χ0) is 13.0. The lowest BCUT2D eigenvalue weighted by molar-refractivity contribution is -0.129. The molecule has 1 aromatic heterocycles. The lowest BCUT2D eigenvalue weighted by Gasteiger charge is -2.29. The first-order chi connectivity index (χ1) is 8.72. The van der Waals surface area contributed by atoms with Gasteiger partial charge in [0, 0.05) is 31.4 Å². The largest absolute Gasteiger partial charge is 0.340 e. The molecule has 1 fully saturated rings. The Kier molecular flexibility index (Phi) is 4.34. The van der Waals surface area contributed by atoms with Gasteiger partial charge in [0.05, 0.1) is 0 Å². The fourth-order valence-corrected chi connectivity index (χ4v) is 2.81. The van der Waals surface area contributed by atoms with Crippen molar-refractivity contribution in [2.24, 2.45) is 0 Å². The van der Waals surface area contributed by atoms with Crippen LogP contribution in [0.5, 0.6) is 0 Å². The van der Waals surface area contributed by atoms with Crippen molar-refractivity contribution in [1.82, 2.24) is 9.88 Å². The van der Waals surface area contributed by atoms with E-state index in [1.807, 2.05) is 12.4 Å². The standard InChI is InChI=1S/C15H22N2O/c1-3-14(17-10-4-5-15(17)18)11-12(2)13-6-8-16-9-7-13/h6-9,12,14H,3-5,10-11H2,1-2H3. The van der Waals surface area contributed by atoms with Crippen LogP contribution in [0.4, 0.5) is 0 Å². The number of carbonyl (C=O) groups excluding carboxylic acids is 1. The molecule has 1 aliphatic heterocycles. The molecule has 0 bridgehead atoms. The number of hydrogen-bond acceptors (Lipinski definition) is 2. The van der Waals surface area contributed by atoms with Crippen molar-refractivity contribution in [1.29, 1.82) is 0 Å². The third-order valence-corrected chi connectivity index (χ3v) is 3.92. The lowest BCUT2D eigenvalue weighted by atomic mass is 9.93. The Morgan fingerprint density at radius 2 is 2.11 bits per heavy atom. The highest BCUT2D eigenvalue weighted by atomic mass is 16.2. The van der Waals surface area contributed by atoms with E-state index in [-0.39, 0.29) is 0 Å². The zero-order valence-electron chi connectivity index (χ0n) is 11.3. The minimum absolute atomic E-state index is 0.337. The third-order valence-electron chi connectivity index (χ3n) is 3.92. The average molecular weight is 246 g/mol. The van der Waals surface area contributed by atoms with Crippen LogP contribution in [-0.2, 0) is 4.79 Å². The third kappa shape index (κ3) is 2.89. The summed E-state index contributed by atoms with van der Waals surface area (Å²) >= 11 is 0. The zero-order valence-corrected chi connectivity index (χ0v) is 11.3. The molecule has 98 valence electrons. The van der Waals surface area contributed by atoms with Gasteiger partial charge in [-0.2, -0.15) is 0 Å². The van der Waals surface area contributed by atoms with Gasteiger partial charge in [-0.15, -0.1) is 0 Å². The second-order valence-corrected chi connectivity index (χ2v) is 5.17. The number of nitrogens with zero attached hydrogens (tertiary/aromatic N) is 2. The van der Waals surface area contributed by atoms with E-state index in [0.29, 0.717) is 17.9 Å². The summed E-state index contributed by atoms with van der Waals surface area (Å²) in [6.07, 6.45) is 7.54. The Morgan fingerprint density at radius 3 is 2.67 bits per heavy atom. The van der Waals surface area contributed by atoms with Gasteiger partial charge in [-0.05, 0) is 42.9 Å². The van der Waals surface area contributed by atoms with Crippen LogP contribution in [0.15, 0.2) is 24.5 Å². The van der Waals surface area contributed by atoms with Gasteiger partial charge >= 0.3 is 0 Å². The van der Waals surface area contributed by atoms with E-state index in [1.165, 1.54) is 5.56 Å². The maximum atomic E-state index is 11.8. The second-order valence-electron chi connectivity index (χ2n) is 5.17. The van der Waals surface area contributed by atoms with Crippen molar-refractivity contribution in [3.8, 4) is 0 Å². The summed E-state index contributed by atoms with van der Waals surface area (Å²) in [5, 5.41) is 0. The van der Waals surface area contributed by atoms with Gasteiger partial charge < -0.3 is 4.90 Å². The number of carbonyl (C=O) groups is 1. The van der Waals surface area contributed by atoms with E-state index in [1.54, 1.807) is 0 Å². The number of rotatable bonds is 5. The molecule has 0 N–H and O–H groups in total. The highest BCUT2D eigenvalue weighted by molar-refractivity contribution is 5.78. The molecule has 0 radical (unpaired) electrons. The average Bonchev–Trinajstić information content (AvgIpc) is 2.83. The Hall–Kier alpha value is -1.38. The molecule has 1 aromatic rings. The SMILES string of the molecule is CCC(CC(C)c1ccncc1)N1CCCC1=O. The van der Waals surface area contributed by atoms with E-state index in [2.05, 4.69) is 35.9 Å². The highest BCUT2D eigenvalue weighted by Crippen LogP contribution is 2.26. The van der Waals surface area contributed by atoms with Gasteiger partial charge in [-0.25, -0.2) is 0 Å². The van der Waals surface area contributed by atoms with Crippen molar-refractivity contribution in [2.75, 3.05) is 6.54 Å². The fourth-order valence-electron chi connectivity index (χ4n) is 2.81. The molecule has 0 aromatic carbocycles. The highest BCUT2D eigenvalue weighted by Gasteiger charge is 2.27. The second kappa shape index (κ2) is 5.98. The Labute approximate surface area is 109 Å². The summed E-state index contributed by atoms with van der Waals surface area (Å²) in [7, 11) is 0. The summed E-state index contributed by atoms with van der Waals surface area (Å²) in [4.78, 5) is 17.9. The first kappa shape index (κ1) is 13.1. The molecule has 3 nitrogen and oxygen atoms in total. The van der Waals surface area contributed by atoms with Crippen LogP contribution in [0.3, 0.4) is 0 Å². The van der Waals surface area contributed by atoms with Crippen LogP contribution in [0.25, 0.3) is 0 Å². The van der Waals surface area contributed by atoms with Gasteiger partial charge in [-0.3, -0.25) is 9.78 Å². The molecular formula is C15H22N2O. The van der Waals surface area contributed by atoms with Crippen molar-refractivity contribution < 1.29 is 4.79 Å². The van der Waals surface area contributed by atoms with Crippen LogP contribution in [-0.4, -0.2) is 28.4 Å². The van der Waals surface area contributed by atoms with Gasteiger partial charge in [0.15, 0.2) is 0 Å². The quantitative estimate of drug-likeness (QED) is 0.800. The first-order valence-electron chi connectivity index (χ1n) is 6.91. The minimum Gasteiger partial charge on any atom is -0.340 e. The summed E-state index contributed by atoms with van der Waals surface area (Å²) in [6, 6.07) is 4.54. The molecule has 0 spiro atoms. The van der Waals surface area contributed by atoms with E-state index < -0.39 is 0 Å². The van der Waals surface area contributed by atoms with Crippen LogP contribution < -0.4 is 0 Å². The van der Waals surface area contributed by atoms with Crippen molar-refractivity contribution >= 4 is 5.91 Å². The number of aromatic nitrogens is 1. The number of amides is 1. The topological polar surface area (TPSA) is 33.2 Å². The molecule has 1 saturated heterocycles. The van der Waals surface area contributed by atoms with Crippen LogP contribution in [0.1, 0.15) is 51.0 Å². The van der Waals surface area contributed by atoms with Crippen molar-refractivity contribution in [3.05, 3.63) is 30.1 Å². The predicted molar refractivity (Wildman–Crippen MR) is 72.3 cm³/mol. The summed E-state index contributed by atoms with van der Waals surface area (Å²) < 4.78 is 0. The monoisotopic (exact) mass is 246 g/mol. The number of hydrogen-bond donors (Lipinski definition) is 0. The van der Waals surface area contributed by atoms with E-state index in [0.717, 1.165) is 32.2 Å². The molecule has 1 amide bonds. The van der Waals surface area contributed by atoms with Gasteiger partial charge in [0.25, 0.3) is 0 Å². The molecule has 2 rings (SSSR count). The normalized spacial score (nSPS) is 19.0.